The van der Waals surface area contributed by atoms with Crippen LogP contribution < -0.4 is 10.0 Å². The molecule has 0 aliphatic rings. The fourth-order valence-corrected chi connectivity index (χ4v) is 5.20. The van der Waals surface area contributed by atoms with E-state index in [4.69, 9.17) is 0 Å². The molecule has 0 saturated carbocycles. The summed E-state index contributed by atoms with van der Waals surface area (Å²) in [5, 5.41) is 10.3. The van der Waals surface area contributed by atoms with Gasteiger partial charge in [-0.2, -0.15) is 5.10 Å². The standard InChI is InChI=1S/C30H26F2N8O3S/c1-15(2)30(41)36-21-9-19(13-33-14-21)17-10-23-25(24(32)11-17)39-40-27(23)29-37-26-22(4-5-34-28(26)38-29)18-6-16(7-20(31)8-18)12-35-44(3,42)43/h4-11,13-15,35H,12H2,1-3H3,(H,36,41)(H,39,40)(H,34,37,38). The van der Waals surface area contributed by atoms with E-state index in [0.29, 0.717) is 61.6 Å². The van der Waals surface area contributed by atoms with Crippen LogP contribution in [0.1, 0.15) is 19.4 Å². The molecule has 44 heavy (non-hydrogen) atoms. The van der Waals surface area contributed by atoms with Gasteiger partial charge < -0.3 is 10.3 Å². The summed E-state index contributed by atoms with van der Waals surface area (Å²) < 4.78 is 55.3. The lowest BCUT2D eigenvalue weighted by molar-refractivity contribution is -0.118. The molecule has 1 amide bonds. The maximum absolute atomic E-state index is 15.3. The summed E-state index contributed by atoms with van der Waals surface area (Å²) >= 11 is 0. The highest BCUT2D eigenvalue weighted by Crippen LogP contribution is 2.34. The van der Waals surface area contributed by atoms with E-state index >= 15 is 4.39 Å². The van der Waals surface area contributed by atoms with Crippen LogP contribution in [0.4, 0.5) is 14.5 Å². The number of anilines is 1. The van der Waals surface area contributed by atoms with Crippen molar-refractivity contribution in [3.05, 3.63) is 78.3 Å². The number of imidazole rings is 1. The van der Waals surface area contributed by atoms with Gasteiger partial charge >= 0.3 is 0 Å². The Kier molecular flexibility index (Phi) is 7.39. The van der Waals surface area contributed by atoms with Crippen LogP contribution in [0, 0.1) is 17.6 Å². The molecule has 0 atom stereocenters. The number of aromatic nitrogens is 6. The normalized spacial score (nSPS) is 12.0. The van der Waals surface area contributed by atoms with Crippen LogP contribution in [0.25, 0.3) is 55.8 Å². The van der Waals surface area contributed by atoms with Gasteiger partial charge in [-0.1, -0.05) is 13.8 Å². The molecule has 0 fully saturated rings. The lowest BCUT2D eigenvalue weighted by Gasteiger charge is -2.09. The Morgan fingerprint density at radius 3 is 2.61 bits per heavy atom. The number of carbonyl (C=O) groups excluding carboxylic acids is 1. The van der Waals surface area contributed by atoms with Gasteiger partial charge in [-0.05, 0) is 59.2 Å². The molecular formula is C30H26F2N8O3S. The number of halogens is 2. The number of rotatable bonds is 8. The summed E-state index contributed by atoms with van der Waals surface area (Å²) in [5.74, 6) is -1.17. The molecule has 6 rings (SSSR count). The molecule has 0 spiro atoms. The predicted octanol–water partition coefficient (Wildman–Crippen LogP) is 5.15. The van der Waals surface area contributed by atoms with E-state index < -0.39 is 21.7 Å². The van der Waals surface area contributed by atoms with E-state index in [9.17, 15) is 17.6 Å². The number of hydrogen-bond donors (Lipinski definition) is 4. The first-order chi connectivity index (χ1) is 20.9. The lowest BCUT2D eigenvalue weighted by atomic mass is 10.0. The van der Waals surface area contributed by atoms with E-state index in [2.05, 4.69) is 40.2 Å². The van der Waals surface area contributed by atoms with E-state index in [-0.39, 0.29) is 23.9 Å². The second-order valence-electron chi connectivity index (χ2n) is 10.6. The van der Waals surface area contributed by atoms with Crippen LogP contribution >= 0.6 is 0 Å². The van der Waals surface area contributed by atoms with Crippen molar-refractivity contribution in [2.45, 2.75) is 20.4 Å². The smallest absolute Gasteiger partial charge is 0.226 e. The summed E-state index contributed by atoms with van der Waals surface area (Å²) in [6, 6.07) is 10.8. The molecule has 224 valence electrons. The zero-order valence-corrected chi connectivity index (χ0v) is 24.6. The fourth-order valence-electron chi connectivity index (χ4n) is 4.77. The Hall–Kier alpha value is -5.08. The maximum atomic E-state index is 15.3. The first-order valence-corrected chi connectivity index (χ1v) is 15.4. The second-order valence-corrected chi connectivity index (χ2v) is 12.5. The molecule has 4 aromatic heterocycles. The minimum atomic E-state index is -3.48. The number of hydrogen-bond acceptors (Lipinski definition) is 7. The van der Waals surface area contributed by atoms with Crippen molar-refractivity contribution < 1.29 is 22.0 Å². The minimum Gasteiger partial charge on any atom is -0.335 e. The van der Waals surface area contributed by atoms with Crippen LogP contribution in [-0.4, -0.2) is 50.7 Å². The first-order valence-electron chi connectivity index (χ1n) is 13.5. The van der Waals surface area contributed by atoms with Gasteiger partial charge in [-0.15, -0.1) is 0 Å². The number of fused-ring (bicyclic) bond motifs is 2. The second kappa shape index (κ2) is 11.2. The SMILES string of the molecule is CC(C)C(=O)Nc1cncc(-c2cc(F)c3n[nH]c(-c4nc5nccc(-c6cc(F)cc(CNS(C)(=O)=O)c6)c5[nH]4)c3c2)c1. The molecule has 6 aromatic rings. The zero-order valence-electron chi connectivity index (χ0n) is 23.7. The van der Waals surface area contributed by atoms with Crippen molar-refractivity contribution in [2.75, 3.05) is 11.6 Å². The molecule has 2 aromatic carbocycles. The number of H-pyrrole nitrogens is 2. The van der Waals surface area contributed by atoms with Gasteiger partial charge in [0.25, 0.3) is 0 Å². The van der Waals surface area contributed by atoms with Crippen molar-refractivity contribution in [2.24, 2.45) is 5.92 Å². The summed E-state index contributed by atoms with van der Waals surface area (Å²) in [6.45, 7) is 3.48. The van der Waals surface area contributed by atoms with E-state index in [0.717, 1.165) is 6.26 Å². The average molecular weight is 617 g/mol. The van der Waals surface area contributed by atoms with E-state index in [1.54, 1.807) is 44.3 Å². The van der Waals surface area contributed by atoms with Crippen molar-refractivity contribution in [3.8, 4) is 33.8 Å². The van der Waals surface area contributed by atoms with Gasteiger partial charge in [0.1, 0.15) is 17.0 Å². The number of benzene rings is 2. The number of pyridine rings is 2. The average Bonchev–Trinajstić information content (AvgIpc) is 3.60. The summed E-state index contributed by atoms with van der Waals surface area (Å²) in [6.07, 6.45) is 5.65. The highest BCUT2D eigenvalue weighted by molar-refractivity contribution is 7.88. The third-order valence-electron chi connectivity index (χ3n) is 6.91. The van der Waals surface area contributed by atoms with E-state index in [1.165, 1.54) is 30.6 Å². The third-order valence-corrected chi connectivity index (χ3v) is 7.58. The van der Waals surface area contributed by atoms with Gasteiger partial charge in [0.15, 0.2) is 17.3 Å². The fraction of sp³-hybridized carbons (Fsp3) is 0.167. The number of nitrogens with zero attached hydrogens (tertiary/aromatic N) is 4. The van der Waals surface area contributed by atoms with Crippen molar-refractivity contribution in [3.63, 3.8) is 0 Å². The Morgan fingerprint density at radius 2 is 1.84 bits per heavy atom. The Bertz CT molecular complexity index is 2180. The van der Waals surface area contributed by atoms with Crippen LogP contribution in [0.15, 0.2) is 61.1 Å². The summed E-state index contributed by atoms with van der Waals surface area (Å²) in [7, 11) is -3.48. The minimum absolute atomic E-state index is 0.0808. The van der Waals surface area contributed by atoms with Gasteiger partial charge in [0.05, 0.1) is 23.7 Å². The van der Waals surface area contributed by atoms with Crippen LogP contribution in [0.3, 0.4) is 0 Å². The summed E-state index contributed by atoms with van der Waals surface area (Å²) in [4.78, 5) is 28.5. The molecule has 0 unspecified atom stereocenters. The summed E-state index contributed by atoms with van der Waals surface area (Å²) in [5.41, 5.74) is 4.39. The molecule has 4 heterocycles. The quantitative estimate of drug-likeness (QED) is 0.184. The Morgan fingerprint density at radius 1 is 1.02 bits per heavy atom. The van der Waals surface area contributed by atoms with E-state index in [1.807, 2.05) is 0 Å². The lowest BCUT2D eigenvalue weighted by Crippen LogP contribution is -2.21. The molecule has 11 nitrogen and oxygen atoms in total. The number of aromatic amines is 2. The molecule has 0 aliphatic heterocycles. The van der Waals surface area contributed by atoms with Crippen molar-refractivity contribution >= 4 is 43.7 Å². The van der Waals surface area contributed by atoms with Crippen LogP contribution in [-0.2, 0) is 21.4 Å². The number of sulfonamides is 1. The number of nitrogens with one attached hydrogen (secondary N) is 4. The molecular weight excluding hydrogens is 590 g/mol. The molecule has 4 N–H and O–H groups in total. The number of amides is 1. The van der Waals surface area contributed by atoms with Crippen LogP contribution in [0.5, 0.6) is 0 Å². The highest BCUT2D eigenvalue weighted by Gasteiger charge is 2.19. The first kappa shape index (κ1) is 29.0. The largest absolute Gasteiger partial charge is 0.335 e. The van der Waals surface area contributed by atoms with Gasteiger partial charge in [-0.3, -0.25) is 14.9 Å². The molecule has 0 bridgehead atoms. The zero-order chi connectivity index (χ0) is 31.2. The van der Waals surface area contributed by atoms with Gasteiger partial charge in [-0.25, -0.2) is 31.9 Å². The van der Waals surface area contributed by atoms with Crippen LogP contribution in [0.2, 0.25) is 0 Å². The number of carbonyl (C=O) groups is 1. The molecule has 0 radical (unpaired) electrons. The monoisotopic (exact) mass is 616 g/mol. The van der Waals surface area contributed by atoms with Gasteiger partial charge in [0, 0.05) is 41.4 Å². The third kappa shape index (κ3) is 5.89. The highest BCUT2D eigenvalue weighted by atomic mass is 32.2. The predicted molar refractivity (Wildman–Crippen MR) is 163 cm³/mol. The molecule has 0 aliphatic carbocycles. The Labute approximate surface area is 250 Å². The Balaban J connectivity index is 1.40. The van der Waals surface area contributed by atoms with Crippen molar-refractivity contribution in [1.82, 2.24) is 34.9 Å². The van der Waals surface area contributed by atoms with Gasteiger partial charge in [0.2, 0.25) is 15.9 Å². The molecule has 0 saturated heterocycles. The van der Waals surface area contributed by atoms with Crippen molar-refractivity contribution in [1.29, 1.82) is 0 Å². The molecule has 14 heteroatoms. The topological polar surface area (TPSA) is 158 Å². The maximum Gasteiger partial charge on any atom is 0.226 e.